The first-order valence-corrected chi connectivity index (χ1v) is 7.24. The van der Waals surface area contributed by atoms with Crippen molar-refractivity contribution in [3.05, 3.63) is 3.92 Å². The van der Waals surface area contributed by atoms with Gasteiger partial charge in [-0.15, -0.1) is 10.2 Å². The number of halogens is 1. The number of rotatable bonds is 3. The van der Waals surface area contributed by atoms with Crippen molar-refractivity contribution in [2.75, 3.05) is 11.9 Å². The lowest BCUT2D eigenvalue weighted by Gasteiger charge is -2.26. The number of anilines is 1. The molecular weight excluding hydrogens is 290 g/mol. The molecular formula is C10H16BrN3OS. The molecule has 1 aromatic rings. The van der Waals surface area contributed by atoms with Crippen LogP contribution in [0.4, 0.5) is 5.13 Å². The Morgan fingerprint density at radius 2 is 1.94 bits per heavy atom. The van der Waals surface area contributed by atoms with Gasteiger partial charge in [0.05, 0.1) is 5.60 Å². The summed E-state index contributed by atoms with van der Waals surface area (Å²) in [6, 6.07) is 0. The molecule has 0 saturated heterocycles. The summed E-state index contributed by atoms with van der Waals surface area (Å²) in [7, 11) is 0. The smallest absolute Gasteiger partial charge is 0.206 e. The number of nitrogens with one attached hydrogen (secondary N) is 1. The molecule has 0 atom stereocenters. The van der Waals surface area contributed by atoms with Crippen LogP contribution in [0.15, 0.2) is 3.92 Å². The Morgan fingerprint density at radius 1 is 1.25 bits per heavy atom. The lowest BCUT2D eigenvalue weighted by molar-refractivity contribution is 0.0381. The van der Waals surface area contributed by atoms with Gasteiger partial charge < -0.3 is 10.4 Å². The summed E-state index contributed by atoms with van der Waals surface area (Å²) >= 11 is 4.72. The maximum absolute atomic E-state index is 10.4. The number of hydrogen-bond donors (Lipinski definition) is 2. The summed E-state index contributed by atoms with van der Waals surface area (Å²) in [5.41, 5.74) is -0.561. The summed E-state index contributed by atoms with van der Waals surface area (Å²) < 4.78 is 0.767. The molecule has 1 heterocycles. The number of aliphatic hydroxyl groups is 1. The van der Waals surface area contributed by atoms with Gasteiger partial charge in [-0.05, 0) is 28.8 Å². The zero-order chi connectivity index (χ0) is 11.4. The monoisotopic (exact) mass is 305 g/mol. The third-order valence-electron chi connectivity index (χ3n) is 3.00. The van der Waals surface area contributed by atoms with Gasteiger partial charge in [0.15, 0.2) is 3.92 Å². The molecule has 0 aliphatic heterocycles. The van der Waals surface area contributed by atoms with Gasteiger partial charge in [0.25, 0.3) is 0 Å². The normalized spacial score (nSPS) is 20.4. The van der Waals surface area contributed by atoms with Gasteiger partial charge in [0.2, 0.25) is 5.13 Å². The predicted molar refractivity (Wildman–Crippen MR) is 68.8 cm³/mol. The molecule has 1 fully saturated rings. The molecule has 1 aliphatic carbocycles. The Bertz CT molecular complexity index is 337. The van der Waals surface area contributed by atoms with Crippen LogP contribution < -0.4 is 5.32 Å². The maximum atomic E-state index is 10.4. The van der Waals surface area contributed by atoms with Gasteiger partial charge in [-0.2, -0.15) is 0 Å². The highest BCUT2D eigenvalue weighted by Gasteiger charge is 2.27. The molecule has 6 heteroatoms. The van der Waals surface area contributed by atoms with Crippen LogP contribution in [0.25, 0.3) is 0 Å². The zero-order valence-corrected chi connectivity index (χ0v) is 11.5. The Hall–Kier alpha value is -0.200. The van der Waals surface area contributed by atoms with Crippen molar-refractivity contribution in [2.24, 2.45) is 0 Å². The van der Waals surface area contributed by atoms with E-state index in [4.69, 9.17) is 0 Å². The van der Waals surface area contributed by atoms with E-state index in [1.807, 2.05) is 0 Å². The fourth-order valence-corrected chi connectivity index (χ4v) is 3.09. The fourth-order valence-electron chi connectivity index (χ4n) is 2.08. The van der Waals surface area contributed by atoms with E-state index in [2.05, 4.69) is 31.4 Å². The number of hydrogen-bond acceptors (Lipinski definition) is 5. The van der Waals surface area contributed by atoms with Crippen molar-refractivity contribution in [3.8, 4) is 0 Å². The number of nitrogens with zero attached hydrogens (tertiary/aromatic N) is 2. The lowest BCUT2D eigenvalue weighted by Crippen LogP contribution is -2.36. The van der Waals surface area contributed by atoms with E-state index < -0.39 is 5.60 Å². The first-order chi connectivity index (χ1) is 7.68. The van der Waals surface area contributed by atoms with Crippen LogP contribution in [0.2, 0.25) is 0 Å². The topological polar surface area (TPSA) is 58.0 Å². The second-order valence-corrected chi connectivity index (χ2v) is 6.61. The first-order valence-electron chi connectivity index (χ1n) is 5.63. The lowest BCUT2D eigenvalue weighted by atomic mass is 9.95. The van der Waals surface area contributed by atoms with Crippen molar-refractivity contribution >= 4 is 32.4 Å². The SMILES string of the molecule is OC1(CNc2nnc(Br)s2)CCCCCC1. The highest BCUT2D eigenvalue weighted by atomic mass is 79.9. The largest absolute Gasteiger partial charge is 0.388 e. The van der Waals surface area contributed by atoms with Crippen molar-refractivity contribution in [1.29, 1.82) is 0 Å². The third-order valence-corrected chi connectivity index (χ3v) is 4.32. The van der Waals surface area contributed by atoms with Crippen LogP contribution in [-0.4, -0.2) is 27.4 Å². The molecule has 2 rings (SSSR count). The van der Waals surface area contributed by atoms with Gasteiger partial charge in [-0.1, -0.05) is 37.0 Å². The van der Waals surface area contributed by atoms with Crippen LogP contribution in [-0.2, 0) is 0 Å². The Morgan fingerprint density at radius 3 is 2.50 bits per heavy atom. The van der Waals surface area contributed by atoms with Gasteiger partial charge in [0, 0.05) is 6.54 Å². The van der Waals surface area contributed by atoms with Gasteiger partial charge in [0.1, 0.15) is 0 Å². The van der Waals surface area contributed by atoms with Crippen LogP contribution in [0.1, 0.15) is 38.5 Å². The Labute approximate surface area is 108 Å². The quantitative estimate of drug-likeness (QED) is 0.843. The molecule has 0 unspecified atom stereocenters. The first kappa shape index (κ1) is 12.3. The van der Waals surface area contributed by atoms with E-state index in [0.29, 0.717) is 6.54 Å². The summed E-state index contributed by atoms with van der Waals surface area (Å²) in [5, 5.41) is 22.2. The molecule has 1 aromatic heterocycles. The van der Waals surface area contributed by atoms with E-state index in [9.17, 15) is 5.11 Å². The van der Waals surface area contributed by atoms with Crippen molar-refractivity contribution in [2.45, 2.75) is 44.1 Å². The highest BCUT2D eigenvalue weighted by Crippen LogP contribution is 2.28. The van der Waals surface area contributed by atoms with Crippen molar-refractivity contribution < 1.29 is 5.11 Å². The minimum absolute atomic E-state index is 0.561. The van der Waals surface area contributed by atoms with E-state index >= 15 is 0 Å². The van der Waals surface area contributed by atoms with Gasteiger partial charge >= 0.3 is 0 Å². The van der Waals surface area contributed by atoms with Crippen molar-refractivity contribution in [3.63, 3.8) is 0 Å². The molecule has 90 valence electrons. The molecule has 1 aliphatic rings. The summed E-state index contributed by atoms with van der Waals surface area (Å²) in [4.78, 5) is 0. The van der Waals surface area contributed by atoms with E-state index in [1.54, 1.807) is 0 Å². The molecule has 0 spiro atoms. The van der Waals surface area contributed by atoms with Gasteiger partial charge in [-0.3, -0.25) is 0 Å². The van der Waals surface area contributed by atoms with Gasteiger partial charge in [-0.25, -0.2) is 0 Å². The minimum atomic E-state index is -0.561. The molecule has 4 nitrogen and oxygen atoms in total. The van der Waals surface area contributed by atoms with E-state index in [-0.39, 0.29) is 0 Å². The molecule has 16 heavy (non-hydrogen) atoms. The van der Waals surface area contributed by atoms with Crippen LogP contribution in [0.5, 0.6) is 0 Å². The zero-order valence-electron chi connectivity index (χ0n) is 9.08. The number of aromatic nitrogens is 2. The van der Waals surface area contributed by atoms with E-state index in [0.717, 1.165) is 34.7 Å². The highest BCUT2D eigenvalue weighted by molar-refractivity contribution is 9.11. The predicted octanol–water partition coefficient (Wildman–Crippen LogP) is 2.80. The van der Waals surface area contributed by atoms with Crippen LogP contribution >= 0.6 is 27.3 Å². The second kappa shape index (κ2) is 5.42. The maximum Gasteiger partial charge on any atom is 0.206 e. The molecule has 1 saturated carbocycles. The minimum Gasteiger partial charge on any atom is -0.388 e. The van der Waals surface area contributed by atoms with Crippen molar-refractivity contribution in [1.82, 2.24) is 10.2 Å². The summed E-state index contributed by atoms with van der Waals surface area (Å²) in [6.45, 7) is 0.578. The van der Waals surface area contributed by atoms with Crippen LogP contribution in [0.3, 0.4) is 0 Å². The Kier molecular flexibility index (Phi) is 4.16. The molecule has 0 aromatic carbocycles. The average molecular weight is 306 g/mol. The third kappa shape index (κ3) is 3.40. The summed E-state index contributed by atoms with van der Waals surface area (Å²) in [6.07, 6.45) is 6.51. The standard InChI is InChI=1S/C10H16BrN3OS/c11-8-13-14-9(16-8)12-7-10(15)5-3-1-2-4-6-10/h15H,1-7H2,(H,12,14). The fraction of sp³-hybridized carbons (Fsp3) is 0.800. The molecule has 0 bridgehead atoms. The average Bonchev–Trinajstić information content (AvgIpc) is 2.54. The van der Waals surface area contributed by atoms with E-state index in [1.165, 1.54) is 24.2 Å². The molecule has 0 amide bonds. The summed E-state index contributed by atoms with van der Waals surface area (Å²) in [5.74, 6) is 0. The second-order valence-electron chi connectivity index (χ2n) is 4.35. The van der Waals surface area contributed by atoms with Crippen LogP contribution in [0, 0.1) is 0 Å². The Balaban J connectivity index is 1.87. The molecule has 0 radical (unpaired) electrons. The molecule has 2 N–H and O–H groups in total.